The van der Waals surface area contributed by atoms with Crippen molar-refractivity contribution in [1.82, 2.24) is 5.43 Å². The van der Waals surface area contributed by atoms with Crippen molar-refractivity contribution in [3.05, 3.63) is 57.0 Å². The highest BCUT2D eigenvalue weighted by molar-refractivity contribution is 9.10. The molecule has 21 heavy (non-hydrogen) atoms. The summed E-state index contributed by atoms with van der Waals surface area (Å²) in [7, 11) is 0. The fourth-order valence-electron chi connectivity index (χ4n) is 2.34. The van der Waals surface area contributed by atoms with Crippen LogP contribution in [0.25, 0.3) is 0 Å². The molecule has 2 aromatic rings. The average Bonchev–Trinajstić information content (AvgIpc) is 2.51. The highest BCUT2D eigenvalue weighted by Gasteiger charge is 2.19. The zero-order valence-corrected chi connectivity index (χ0v) is 13.4. The molecule has 1 aliphatic heterocycles. The minimum atomic E-state index is -0.231. The lowest BCUT2D eigenvalue weighted by Gasteiger charge is -2.22. The van der Waals surface area contributed by atoms with E-state index in [1.165, 1.54) is 0 Å². The van der Waals surface area contributed by atoms with Gasteiger partial charge in [0.2, 0.25) is 0 Å². The van der Waals surface area contributed by atoms with Crippen LogP contribution in [0.3, 0.4) is 0 Å². The molecule has 1 heterocycles. The van der Waals surface area contributed by atoms with E-state index in [1.54, 1.807) is 0 Å². The molecule has 4 nitrogen and oxygen atoms in total. The zero-order valence-electron chi connectivity index (χ0n) is 11.1. The Bertz CT molecular complexity index is 666. The van der Waals surface area contributed by atoms with Gasteiger partial charge >= 0.3 is 0 Å². The first-order valence-corrected chi connectivity index (χ1v) is 7.67. The molecule has 3 N–H and O–H groups in total. The van der Waals surface area contributed by atoms with Crippen LogP contribution in [0.5, 0.6) is 11.5 Å². The minimum Gasteiger partial charge on any atom is -0.486 e. The van der Waals surface area contributed by atoms with E-state index in [0.717, 1.165) is 27.1 Å². The number of hydrazine groups is 1. The summed E-state index contributed by atoms with van der Waals surface area (Å²) in [5, 5.41) is 0.649. The summed E-state index contributed by atoms with van der Waals surface area (Å²) in [6.45, 7) is 1.12. The van der Waals surface area contributed by atoms with Crippen LogP contribution in [-0.2, 0) is 0 Å². The second-order valence-electron chi connectivity index (χ2n) is 4.67. The topological polar surface area (TPSA) is 56.5 Å². The number of hydrogen-bond donors (Lipinski definition) is 2. The van der Waals surface area contributed by atoms with Gasteiger partial charge in [-0.1, -0.05) is 33.6 Å². The Morgan fingerprint density at radius 1 is 1.10 bits per heavy atom. The fourth-order valence-corrected chi connectivity index (χ4v) is 2.95. The third-order valence-electron chi connectivity index (χ3n) is 3.34. The van der Waals surface area contributed by atoms with Gasteiger partial charge in [-0.05, 0) is 41.5 Å². The van der Waals surface area contributed by atoms with Gasteiger partial charge in [-0.15, -0.1) is 0 Å². The summed E-state index contributed by atoms with van der Waals surface area (Å²) in [5.74, 6) is 7.21. The maximum atomic E-state index is 6.29. The van der Waals surface area contributed by atoms with E-state index in [1.807, 2.05) is 36.4 Å². The Hall–Kier alpha value is -1.27. The van der Waals surface area contributed by atoms with Gasteiger partial charge in [-0.25, -0.2) is 5.43 Å². The quantitative estimate of drug-likeness (QED) is 0.643. The molecule has 1 unspecified atom stereocenters. The third-order valence-corrected chi connectivity index (χ3v) is 4.17. The van der Waals surface area contributed by atoms with E-state index < -0.39 is 0 Å². The Balaban J connectivity index is 2.01. The summed E-state index contributed by atoms with van der Waals surface area (Å²) < 4.78 is 12.1. The number of ether oxygens (including phenoxy) is 2. The second kappa shape index (κ2) is 6.23. The van der Waals surface area contributed by atoms with E-state index in [9.17, 15) is 0 Å². The van der Waals surface area contributed by atoms with Crippen molar-refractivity contribution in [3.8, 4) is 11.5 Å². The van der Waals surface area contributed by atoms with Crippen LogP contribution in [0.1, 0.15) is 17.2 Å². The van der Waals surface area contributed by atoms with Crippen molar-refractivity contribution in [2.45, 2.75) is 6.04 Å². The number of hydrogen-bond acceptors (Lipinski definition) is 4. The number of fused-ring (bicyclic) bond motifs is 1. The highest BCUT2D eigenvalue weighted by atomic mass is 79.9. The molecule has 0 aromatic heterocycles. The molecule has 6 heteroatoms. The van der Waals surface area contributed by atoms with Gasteiger partial charge in [-0.3, -0.25) is 5.84 Å². The van der Waals surface area contributed by atoms with Gasteiger partial charge < -0.3 is 9.47 Å². The van der Waals surface area contributed by atoms with Crippen LogP contribution in [0.15, 0.2) is 40.9 Å². The van der Waals surface area contributed by atoms with Gasteiger partial charge in [0, 0.05) is 9.50 Å². The maximum absolute atomic E-state index is 6.29. The van der Waals surface area contributed by atoms with Crippen LogP contribution in [-0.4, -0.2) is 13.2 Å². The molecule has 0 amide bonds. The van der Waals surface area contributed by atoms with Crippen molar-refractivity contribution in [2.24, 2.45) is 5.84 Å². The lowest BCUT2D eigenvalue weighted by Crippen LogP contribution is -2.29. The molecule has 2 aromatic carbocycles. The fraction of sp³-hybridized carbons (Fsp3) is 0.200. The Morgan fingerprint density at radius 2 is 1.86 bits per heavy atom. The van der Waals surface area contributed by atoms with Crippen molar-refractivity contribution < 1.29 is 9.47 Å². The van der Waals surface area contributed by atoms with Gasteiger partial charge in [-0.2, -0.15) is 0 Å². The monoisotopic (exact) mass is 368 g/mol. The van der Waals surface area contributed by atoms with Crippen LogP contribution >= 0.6 is 27.5 Å². The molecule has 0 spiro atoms. The first-order chi connectivity index (χ1) is 10.2. The maximum Gasteiger partial charge on any atom is 0.161 e. The predicted octanol–water partition coefficient (Wildman–Crippen LogP) is 3.43. The van der Waals surface area contributed by atoms with E-state index in [2.05, 4.69) is 21.4 Å². The van der Waals surface area contributed by atoms with Crippen molar-refractivity contribution in [2.75, 3.05) is 13.2 Å². The van der Waals surface area contributed by atoms with E-state index in [0.29, 0.717) is 18.2 Å². The van der Waals surface area contributed by atoms with Crippen LogP contribution in [0, 0.1) is 0 Å². The molecule has 0 aliphatic carbocycles. The molecule has 110 valence electrons. The summed E-state index contributed by atoms with van der Waals surface area (Å²) in [6.07, 6.45) is 0. The number of halogens is 2. The third kappa shape index (κ3) is 3.01. The summed E-state index contributed by atoms with van der Waals surface area (Å²) in [5.41, 5.74) is 4.66. The Labute approximate surface area is 136 Å². The molecular formula is C15H14BrClN2O2. The minimum absolute atomic E-state index is 0.231. The summed E-state index contributed by atoms with van der Waals surface area (Å²) in [4.78, 5) is 0. The number of rotatable bonds is 3. The Kier molecular flexibility index (Phi) is 4.35. The molecule has 0 saturated carbocycles. The van der Waals surface area contributed by atoms with Crippen molar-refractivity contribution >= 4 is 27.5 Å². The molecule has 1 atom stereocenters. The number of nitrogens with one attached hydrogen (secondary N) is 1. The van der Waals surface area contributed by atoms with Gasteiger partial charge in [0.15, 0.2) is 11.5 Å². The van der Waals surface area contributed by atoms with Crippen LogP contribution in [0.2, 0.25) is 5.02 Å². The predicted molar refractivity (Wildman–Crippen MR) is 85.8 cm³/mol. The largest absolute Gasteiger partial charge is 0.486 e. The lowest BCUT2D eigenvalue weighted by molar-refractivity contribution is 0.171. The molecule has 1 aliphatic rings. The Morgan fingerprint density at radius 3 is 2.62 bits per heavy atom. The average molecular weight is 370 g/mol. The number of benzene rings is 2. The molecule has 3 rings (SSSR count). The zero-order chi connectivity index (χ0) is 14.8. The molecule has 0 radical (unpaired) electrons. The highest BCUT2D eigenvalue weighted by Crippen LogP contribution is 2.36. The van der Waals surface area contributed by atoms with Crippen LogP contribution < -0.4 is 20.7 Å². The molecule has 0 saturated heterocycles. The van der Waals surface area contributed by atoms with E-state index in [-0.39, 0.29) is 6.04 Å². The lowest BCUT2D eigenvalue weighted by atomic mass is 9.98. The van der Waals surface area contributed by atoms with E-state index in [4.69, 9.17) is 26.9 Å². The molecule has 0 fully saturated rings. The smallest absolute Gasteiger partial charge is 0.161 e. The SMILES string of the molecule is NNC(c1ccc2c(c1)OCCO2)c1cc(Br)ccc1Cl. The number of nitrogens with two attached hydrogens (primary N) is 1. The summed E-state index contributed by atoms with van der Waals surface area (Å²) in [6, 6.07) is 11.2. The van der Waals surface area contributed by atoms with E-state index >= 15 is 0 Å². The molecule has 0 bridgehead atoms. The van der Waals surface area contributed by atoms with Gasteiger partial charge in [0.1, 0.15) is 13.2 Å². The van der Waals surface area contributed by atoms with Gasteiger partial charge in [0.25, 0.3) is 0 Å². The van der Waals surface area contributed by atoms with Gasteiger partial charge in [0.05, 0.1) is 6.04 Å². The van der Waals surface area contributed by atoms with Crippen molar-refractivity contribution in [1.29, 1.82) is 0 Å². The first-order valence-electron chi connectivity index (χ1n) is 6.49. The molecular weight excluding hydrogens is 356 g/mol. The summed E-state index contributed by atoms with van der Waals surface area (Å²) >= 11 is 9.75. The second-order valence-corrected chi connectivity index (χ2v) is 5.99. The van der Waals surface area contributed by atoms with Crippen molar-refractivity contribution in [3.63, 3.8) is 0 Å². The van der Waals surface area contributed by atoms with Crippen LogP contribution in [0.4, 0.5) is 0 Å². The standard InChI is InChI=1S/C15H14BrClN2O2/c16-10-2-3-12(17)11(8-10)15(19-18)9-1-4-13-14(7-9)21-6-5-20-13/h1-4,7-8,15,19H,5-6,18H2. The normalized spacial score (nSPS) is 14.8. The first kappa shape index (κ1) is 14.7.